The number of urea groups is 1. The molecule has 0 saturated carbocycles. The highest BCUT2D eigenvalue weighted by Crippen LogP contribution is 2.29. The van der Waals surface area contributed by atoms with Crippen LogP contribution in [0.5, 0.6) is 0 Å². The van der Waals surface area contributed by atoms with Crippen molar-refractivity contribution in [2.75, 3.05) is 5.32 Å². The van der Waals surface area contributed by atoms with Crippen LogP contribution in [-0.2, 0) is 6.42 Å². The van der Waals surface area contributed by atoms with Gasteiger partial charge in [-0.25, -0.2) is 4.79 Å². The van der Waals surface area contributed by atoms with E-state index in [0.29, 0.717) is 5.02 Å². The molecule has 1 aliphatic rings. The van der Waals surface area contributed by atoms with Crippen LogP contribution in [-0.4, -0.2) is 6.03 Å². The molecule has 0 radical (unpaired) electrons. The molecule has 2 amide bonds. The molecule has 2 N–H and O–H groups in total. The van der Waals surface area contributed by atoms with Gasteiger partial charge in [0.05, 0.1) is 6.04 Å². The summed E-state index contributed by atoms with van der Waals surface area (Å²) in [5, 5.41) is 6.66. The molecule has 0 aliphatic heterocycles. The van der Waals surface area contributed by atoms with Crippen molar-refractivity contribution >= 4 is 23.3 Å². The molecule has 0 heterocycles. The zero-order chi connectivity index (χ0) is 15.5. The molecule has 2 aromatic rings. The standard InChI is InChI=1S/C18H19ClN2O/c1-12-11-14(19)9-10-16(12)20-18(22)21-17-8-4-6-13-5-2-3-7-15(13)17/h2-3,5,7,9-11,17H,4,6,8H2,1H3,(H2,20,21,22). The molecule has 0 saturated heterocycles. The van der Waals surface area contributed by atoms with Crippen LogP contribution in [0, 0.1) is 6.92 Å². The van der Waals surface area contributed by atoms with Crippen molar-refractivity contribution in [3.8, 4) is 0 Å². The van der Waals surface area contributed by atoms with Gasteiger partial charge in [0.1, 0.15) is 0 Å². The van der Waals surface area contributed by atoms with Crippen molar-refractivity contribution in [1.82, 2.24) is 5.32 Å². The van der Waals surface area contributed by atoms with Crippen molar-refractivity contribution in [1.29, 1.82) is 0 Å². The number of nitrogens with one attached hydrogen (secondary N) is 2. The van der Waals surface area contributed by atoms with Crippen LogP contribution >= 0.6 is 11.6 Å². The maximum atomic E-state index is 12.3. The number of hydrogen-bond donors (Lipinski definition) is 2. The monoisotopic (exact) mass is 314 g/mol. The molecular formula is C18H19ClN2O. The Labute approximate surface area is 135 Å². The quantitative estimate of drug-likeness (QED) is 0.817. The third-order valence-corrected chi connectivity index (χ3v) is 4.35. The third kappa shape index (κ3) is 3.25. The van der Waals surface area contributed by atoms with E-state index in [2.05, 4.69) is 28.8 Å². The summed E-state index contributed by atoms with van der Waals surface area (Å²) in [6.07, 6.45) is 3.16. The Morgan fingerprint density at radius 1 is 1.23 bits per heavy atom. The second kappa shape index (κ2) is 6.41. The maximum Gasteiger partial charge on any atom is 0.319 e. The smallest absolute Gasteiger partial charge is 0.319 e. The van der Waals surface area contributed by atoms with Crippen molar-refractivity contribution in [2.45, 2.75) is 32.2 Å². The average Bonchev–Trinajstić information content (AvgIpc) is 2.50. The lowest BCUT2D eigenvalue weighted by Crippen LogP contribution is -2.34. The Bertz CT molecular complexity index is 699. The van der Waals surface area contributed by atoms with E-state index in [1.165, 1.54) is 11.1 Å². The topological polar surface area (TPSA) is 41.1 Å². The number of amides is 2. The molecule has 1 aliphatic carbocycles. The molecule has 0 spiro atoms. The van der Waals surface area contributed by atoms with Gasteiger partial charge in [-0.1, -0.05) is 35.9 Å². The van der Waals surface area contributed by atoms with E-state index in [1.54, 1.807) is 6.07 Å². The number of rotatable bonds is 2. The number of anilines is 1. The van der Waals surface area contributed by atoms with Crippen LogP contribution in [0.25, 0.3) is 0 Å². The first kappa shape index (κ1) is 14.9. The molecule has 2 aromatic carbocycles. The van der Waals surface area contributed by atoms with Gasteiger partial charge in [0, 0.05) is 10.7 Å². The zero-order valence-electron chi connectivity index (χ0n) is 12.5. The van der Waals surface area contributed by atoms with E-state index in [0.717, 1.165) is 30.5 Å². The van der Waals surface area contributed by atoms with Gasteiger partial charge in [-0.2, -0.15) is 0 Å². The molecule has 0 fully saturated rings. The number of fused-ring (bicyclic) bond motifs is 1. The van der Waals surface area contributed by atoms with Crippen LogP contribution in [0.3, 0.4) is 0 Å². The van der Waals surface area contributed by atoms with Crippen molar-refractivity contribution in [3.63, 3.8) is 0 Å². The average molecular weight is 315 g/mol. The number of aryl methyl sites for hydroxylation is 2. The van der Waals surface area contributed by atoms with E-state index >= 15 is 0 Å². The van der Waals surface area contributed by atoms with Crippen molar-refractivity contribution < 1.29 is 4.79 Å². The van der Waals surface area contributed by atoms with Gasteiger partial charge in [-0.3, -0.25) is 0 Å². The summed E-state index contributed by atoms with van der Waals surface area (Å²) in [4.78, 5) is 12.3. The van der Waals surface area contributed by atoms with Gasteiger partial charge in [-0.15, -0.1) is 0 Å². The predicted octanol–water partition coefficient (Wildman–Crippen LogP) is 4.85. The lowest BCUT2D eigenvalue weighted by molar-refractivity contribution is 0.247. The lowest BCUT2D eigenvalue weighted by Gasteiger charge is -2.26. The van der Waals surface area contributed by atoms with E-state index < -0.39 is 0 Å². The van der Waals surface area contributed by atoms with Crippen LogP contribution in [0.1, 0.15) is 35.6 Å². The van der Waals surface area contributed by atoms with Gasteiger partial charge in [-0.05, 0) is 61.1 Å². The minimum absolute atomic E-state index is 0.0811. The van der Waals surface area contributed by atoms with Crippen LogP contribution in [0.4, 0.5) is 10.5 Å². The first-order chi connectivity index (χ1) is 10.6. The Balaban J connectivity index is 1.70. The highest BCUT2D eigenvalue weighted by molar-refractivity contribution is 6.30. The molecule has 114 valence electrons. The summed E-state index contributed by atoms with van der Waals surface area (Å²) in [5.41, 5.74) is 4.30. The Morgan fingerprint density at radius 3 is 2.86 bits per heavy atom. The summed E-state index contributed by atoms with van der Waals surface area (Å²) in [6.45, 7) is 1.93. The van der Waals surface area contributed by atoms with Gasteiger partial charge in [0.25, 0.3) is 0 Å². The molecule has 1 atom stereocenters. The minimum atomic E-state index is -0.174. The fourth-order valence-electron chi connectivity index (χ4n) is 2.99. The largest absolute Gasteiger partial charge is 0.331 e. The normalized spacial score (nSPS) is 16.7. The number of benzene rings is 2. The molecular weight excluding hydrogens is 296 g/mol. The zero-order valence-corrected chi connectivity index (χ0v) is 13.3. The number of halogens is 1. The molecule has 22 heavy (non-hydrogen) atoms. The number of hydrogen-bond acceptors (Lipinski definition) is 1. The maximum absolute atomic E-state index is 12.3. The number of carbonyl (C=O) groups is 1. The summed E-state index contributed by atoms with van der Waals surface area (Å²) in [7, 11) is 0. The van der Waals surface area contributed by atoms with Gasteiger partial charge < -0.3 is 10.6 Å². The highest BCUT2D eigenvalue weighted by atomic mass is 35.5. The SMILES string of the molecule is Cc1cc(Cl)ccc1NC(=O)NC1CCCc2ccccc21. The van der Waals surface area contributed by atoms with E-state index in [4.69, 9.17) is 11.6 Å². The van der Waals surface area contributed by atoms with Gasteiger partial charge >= 0.3 is 6.03 Å². The summed E-state index contributed by atoms with van der Waals surface area (Å²) in [5.74, 6) is 0. The fraction of sp³-hybridized carbons (Fsp3) is 0.278. The van der Waals surface area contributed by atoms with Gasteiger partial charge in [0.15, 0.2) is 0 Å². The first-order valence-electron chi connectivity index (χ1n) is 7.55. The second-order valence-corrected chi connectivity index (χ2v) is 6.14. The Hall–Kier alpha value is -2.00. The summed E-state index contributed by atoms with van der Waals surface area (Å²) >= 11 is 5.94. The molecule has 3 rings (SSSR count). The number of carbonyl (C=O) groups excluding carboxylic acids is 1. The predicted molar refractivity (Wildman–Crippen MR) is 90.5 cm³/mol. The second-order valence-electron chi connectivity index (χ2n) is 5.70. The van der Waals surface area contributed by atoms with Crippen LogP contribution in [0.15, 0.2) is 42.5 Å². The highest BCUT2D eigenvalue weighted by Gasteiger charge is 2.21. The van der Waals surface area contributed by atoms with E-state index in [9.17, 15) is 4.79 Å². The molecule has 4 heteroatoms. The fourth-order valence-corrected chi connectivity index (χ4v) is 3.21. The first-order valence-corrected chi connectivity index (χ1v) is 7.93. The Morgan fingerprint density at radius 2 is 2.05 bits per heavy atom. The molecule has 1 unspecified atom stereocenters. The Kier molecular flexibility index (Phi) is 4.34. The van der Waals surface area contributed by atoms with Crippen molar-refractivity contribution in [2.24, 2.45) is 0 Å². The summed E-state index contributed by atoms with van der Waals surface area (Å²) in [6, 6.07) is 13.7. The van der Waals surface area contributed by atoms with E-state index in [1.807, 2.05) is 25.1 Å². The minimum Gasteiger partial charge on any atom is -0.331 e. The van der Waals surface area contributed by atoms with Crippen LogP contribution < -0.4 is 10.6 Å². The molecule has 3 nitrogen and oxygen atoms in total. The van der Waals surface area contributed by atoms with E-state index in [-0.39, 0.29) is 12.1 Å². The molecule has 0 aromatic heterocycles. The lowest BCUT2D eigenvalue weighted by atomic mass is 9.88. The van der Waals surface area contributed by atoms with Crippen LogP contribution in [0.2, 0.25) is 5.02 Å². The third-order valence-electron chi connectivity index (χ3n) is 4.11. The summed E-state index contributed by atoms with van der Waals surface area (Å²) < 4.78 is 0. The molecule has 0 bridgehead atoms. The van der Waals surface area contributed by atoms with Gasteiger partial charge in [0.2, 0.25) is 0 Å². The van der Waals surface area contributed by atoms with Crippen molar-refractivity contribution in [3.05, 3.63) is 64.2 Å².